The molecule has 0 atom stereocenters. The minimum atomic E-state index is -1.08. The summed E-state index contributed by atoms with van der Waals surface area (Å²) in [6, 6.07) is 17.3. The highest BCUT2D eigenvalue weighted by Gasteiger charge is 2.15. The lowest BCUT2D eigenvalue weighted by atomic mass is 10.4. The van der Waals surface area contributed by atoms with Gasteiger partial charge in [0.15, 0.2) is 0 Å². The lowest BCUT2D eigenvalue weighted by molar-refractivity contribution is 1.64. The van der Waals surface area contributed by atoms with Crippen LogP contribution in [0.25, 0.3) is 0 Å². The number of rotatable bonds is 2. The molecular weight excluding hydrogens is 432 g/mol. The smallest absolute Gasteiger partial charge is 0.0656 e. The Bertz CT molecular complexity index is 521. The zero-order valence-corrected chi connectivity index (χ0v) is 19.5. The molecule has 0 aliphatic carbocycles. The van der Waals surface area contributed by atoms with Crippen LogP contribution in [0.2, 0.25) is 39.3 Å². The van der Waals surface area contributed by atoms with E-state index < -0.39 is 16.1 Å². The molecule has 2 rings (SSSR count). The summed E-state index contributed by atoms with van der Waals surface area (Å²) >= 11 is 6.86. The van der Waals surface area contributed by atoms with E-state index in [4.69, 9.17) is 0 Å². The van der Waals surface area contributed by atoms with E-state index in [-0.39, 0.29) is 0 Å². The van der Waals surface area contributed by atoms with Gasteiger partial charge < -0.3 is 0 Å². The fourth-order valence-electron chi connectivity index (χ4n) is 1.90. The van der Waals surface area contributed by atoms with Gasteiger partial charge in [0, 0.05) is 8.95 Å². The molecule has 0 saturated carbocycles. The van der Waals surface area contributed by atoms with Crippen molar-refractivity contribution >= 4 is 58.4 Å². The van der Waals surface area contributed by atoms with E-state index in [1.54, 1.807) is 0 Å². The Labute approximate surface area is 154 Å². The zero-order valence-electron chi connectivity index (χ0n) is 14.4. The monoisotopic (exact) mass is 456 g/mol. The number of hydrogen-bond donors (Lipinski definition) is 0. The number of benzene rings is 2. The Kier molecular flexibility index (Phi) is 7.31. The second-order valence-electron chi connectivity index (χ2n) is 7.51. The summed E-state index contributed by atoms with van der Waals surface area (Å²) < 4.78 is 2.33. The summed E-state index contributed by atoms with van der Waals surface area (Å²) in [6.07, 6.45) is 0. The standard InChI is InChI=1S/2C9H13BrSi/c2*1-11(2,3)9-6-4-8(10)5-7-9/h2*4-7H,1-3H3. The van der Waals surface area contributed by atoms with Gasteiger partial charge in [-0.05, 0) is 24.3 Å². The first-order valence-electron chi connectivity index (χ1n) is 7.52. The van der Waals surface area contributed by atoms with E-state index in [0.29, 0.717) is 0 Å². The second kappa shape index (κ2) is 8.09. The van der Waals surface area contributed by atoms with Crippen molar-refractivity contribution < 1.29 is 0 Å². The minimum absolute atomic E-state index is 1.08. The highest BCUT2D eigenvalue weighted by Crippen LogP contribution is 2.09. The highest BCUT2D eigenvalue weighted by molar-refractivity contribution is 9.10. The first-order chi connectivity index (χ1) is 10.00. The van der Waals surface area contributed by atoms with Crippen molar-refractivity contribution in [2.75, 3.05) is 0 Å². The predicted octanol–water partition coefficient (Wildman–Crippen LogP) is 5.99. The largest absolute Gasteiger partial charge is 0.0775 e. The van der Waals surface area contributed by atoms with Crippen LogP contribution < -0.4 is 10.4 Å². The summed E-state index contributed by atoms with van der Waals surface area (Å²) in [4.78, 5) is 0. The highest BCUT2D eigenvalue weighted by atomic mass is 79.9. The van der Waals surface area contributed by atoms with Crippen molar-refractivity contribution in [3.63, 3.8) is 0 Å². The molecule has 0 aliphatic rings. The first-order valence-corrected chi connectivity index (χ1v) is 16.1. The molecule has 0 aliphatic heterocycles. The average Bonchev–Trinajstić information content (AvgIpc) is 2.38. The van der Waals surface area contributed by atoms with E-state index in [1.165, 1.54) is 19.3 Å². The van der Waals surface area contributed by atoms with Crippen LogP contribution >= 0.6 is 31.9 Å². The molecule has 0 nitrogen and oxygen atoms in total. The van der Waals surface area contributed by atoms with Crippen LogP contribution in [-0.2, 0) is 0 Å². The molecule has 120 valence electrons. The van der Waals surface area contributed by atoms with Gasteiger partial charge in [-0.25, -0.2) is 0 Å². The number of hydrogen-bond acceptors (Lipinski definition) is 0. The van der Waals surface area contributed by atoms with Gasteiger partial charge in [-0.15, -0.1) is 0 Å². The Morgan fingerprint density at radius 2 is 0.727 bits per heavy atom. The third-order valence-electron chi connectivity index (χ3n) is 3.42. The Morgan fingerprint density at radius 3 is 0.909 bits per heavy atom. The van der Waals surface area contributed by atoms with Gasteiger partial charge in [-0.3, -0.25) is 0 Å². The van der Waals surface area contributed by atoms with Crippen LogP contribution in [0.4, 0.5) is 0 Å². The summed E-state index contributed by atoms with van der Waals surface area (Å²) in [6.45, 7) is 14.1. The topological polar surface area (TPSA) is 0 Å². The van der Waals surface area contributed by atoms with Gasteiger partial charge >= 0.3 is 0 Å². The lowest BCUT2D eigenvalue weighted by Gasteiger charge is -2.15. The Hall–Kier alpha value is -0.166. The van der Waals surface area contributed by atoms with Gasteiger partial charge in [0.1, 0.15) is 0 Å². The Balaban J connectivity index is 0.000000220. The third kappa shape index (κ3) is 6.94. The van der Waals surface area contributed by atoms with Crippen molar-refractivity contribution in [2.45, 2.75) is 39.3 Å². The quantitative estimate of drug-likeness (QED) is 0.485. The molecule has 0 bridgehead atoms. The van der Waals surface area contributed by atoms with Crippen LogP contribution in [0.1, 0.15) is 0 Å². The SMILES string of the molecule is C[Si](C)(C)c1ccc(Br)cc1.C[Si](C)(C)c1ccc(Br)cc1. The summed E-state index contributed by atoms with van der Waals surface area (Å²) in [7, 11) is -2.15. The second-order valence-corrected chi connectivity index (χ2v) is 19.5. The van der Waals surface area contributed by atoms with E-state index >= 15 is 0 Å². The van der Waals surface area contributed by atoms with E-state index in [2.05, 4.69) is 120 Å². The molecule has 0 saturated heterocycles. The van der Waals surface area contributed by atoms with Crippen molar-refractivity contribution in [3.05, 3.63) is 57.5 Å². The Morgan fingerprint density at radius 1 is 0.500 bits per heavy atom. The van der Waals surface area contributed by atoms with Gasteiger partial charge in [0.25, 0.3) is 0 Å². The normalized spacial score (nSPS) is 11.6. The molecule has 0 N–H and O–H groups in total. The van der Waals surface area contributed by atoms with Crippen LogP contribution in [0.5, 0.6) is 0 Å². The maximum Gasteiger partial charge on any atom is 0.0775 e. The molecule has 0 amide bonds. The summed E-state index contributed by atoms with van der Waals surface area (Å²) in [5.41, 5.74) is 0. The molecule has 0 fully saturated rings. The van der Waals surface area contributed by atoms with Crippen LogP contribution in [0, 0.1) is 0 Å². The molecule has 22 heavy (non-hydrogen) atoms. The fourth-order valence-corrected chi connectivity index (χ4v) is 4.76. The predicted molar refractivity (Wildman–Crippen MR) is 114 cm³/mol. The van der Waals surface area contributed by atoms with Crippen LogP contribution in [0.3, 0.4) is 0 Å². The van der Waals surface area contributed by atoms with Gasteiger partial charge in [-0.2, -0.15) is 0 Å². The minimum Gasteiger partial charge on any atom is -0.0656 e. The molecule has 0 unspecified atom stereocenters. The average molecular weight is 458 g/mol. The summed E-state index contributed by atoms with van der Waals surface area (Å²) in [5.74, 6) is 0. The first kappa shape index (κ1) is 19.9. The van der Waals surface area contributed by atoms with E-state index in [9.17, 15) is 0 Å². The molecule has 0 radical (unpaired) electrons. The van der Waals surface area contributed by atoms with Crippen molar-refractivity contribution in [1.29, 1.82) is 0 Å². The van der Waals surface area contributed by atoms with E-state index in [1.807, 2.05) is 0 Å². The van der Waals surface area contributed by atoms with Crippen molar-refractivity contribution in [2.24, 2.45) is 0 Å². The molecule has 2 aromatic carbocycles. The lowest BCUT2D eigenvalue weighted by Crippen LogP contribution is -2.37. The van der Waals surface area contributed by atoms with E-state index in [0.717, 1.165) is 0 Å². The fraction of sp³-hybridized carbons (Fsp3) is 0.333. The van der Waals surface area contributed by atoms with Crippen LogP contribution in [0.15, 0.2) is 57.5 Å². The maximum absolute atomic E-state index is 3.43. The zero-order chi connectivity index (χ0) is 17.0. The summed E-state index contributed by atoms with van der Waals surface area (Å²) in [5, 5.41) is 3.03. The van der Waals surface area contributed by atoms with Crippen molar-refractivity contribution in [1.82, 2.24) is 0 Å². The van der Waals surface area contributed by atoms with Gasteiger partial charge in [0.05, 0.1) is 16.1 Å². The molecule has 0 aromatic heterocycles. The molecule has 4 heteroatoms. The van der Waals surface area contributed by atoms with Gasteiger partial charge in [0.2, 0.25) is 0 Å². The molecule has 0 heterocycles. The van der Waals surface area contributed by atoms with Gasteiger partial charge in [-0.1, -0.05) is 106 Å². The number of halogens is 2. The third-order valence-corrected chi connectivity index (χ3v) is 8.61. The molecular formula is C18H26Br2Si2. The molecule has 0 spiro atoms. The molecule has 2 aromatic rings. The maximum atomic E-state index is 3.43. The van der Waals surface area contributed by atoms with Crippen molar-refractivity contribution in [3.8, 4) is 0 Å². The van der Waals surface area contributed by atoms with Crippen LogP contribution in [-0.4, -0.2) is 16.1 Å².